The first-order chi connectivity index (χ1) is 9.52. The first-order valence-electron chi connectivity index (χ1n) is 6.79. The molecule has 108 valence electrons. The van der Waals surface area contributed by atoms with E-state index in [9.17, 15) is 14.7 Å². The van der Waals surface area contributed by atoms with Gasteiger partial charge in [-0.25, -0.2) is 0 Å². The maximum atomic E-state index is 11.7. The average Bonchev–Trinajstić information content (AvgIpc) is 2.72. The fraction of sp³-hybridized carbons (Fsp3) is 0.467. The number of benzene rings is 1. The van der Waals surface area contributed by atoms with Crippen LogP contribution in [-0.2, 0) is 16.1 Å². The SMILES string of the molecule is CCOc1ccc(C(C)O)cc1CN1C(=O)CCC1=O. The van der Waals surface area contributed by atoms with Crippen molar-refractivity contribution < 1.29 is 19.4 Å². The molecule has 1 aliphatic heterocycles. The van der Waals surface area contributed by atoms with Gasteiger partial charge in [-0.05, 0) is 31.5 Å². The van der Waals surface area contributed by atoms with Crippen LogP contribution in [0.1, 0.15) is 43.9 Å². The second kappa shape index (κ2) is 6.05. The molecule has 0 saturated carbocycles. The molecule has 1 unspecified atom stereocenters. The number of carbonyl (C=O) groups excluding carboxylic acids is 2. The number of rotatable bonds is 5. The van der Waals surface area contributed by atoms with Crippen molar-refractivity contribution in [1.82, 2.24) is 4.90 Å². The van der Waals surface area contributed by atoms with Crippen molar-refractivity contribution in [2.24, 2.45) is 0 Å². The zero-order valence-corrected chi connectivity index (χ0v) is 11.8. The molecule has 1 saturated heterocycles. The molecule has 1 aromatic rings. The Morgan fingerprint density at radius 2 is 1.95 bits per heavy atom. The molecule has 2 rings (SSSR count). The van der Waals surface area contributed by atoms with E-state index in [4.69, 9.17) is 4.74 Å². The Hall–Kier alpha value is -1.88. The van der Waals surface area contributed by atoms with Crippen LogP contribution in [0.3, 0.4) is 0 Å². The molecule has 1 aliphatic rings. The highest BCUT2D eigenvalue weighted by atomic mass is 16.5. The summed E-state index contributed by atoms with van der Waals surface area (Å²) in [6, 6.07) is 5.34. The lowest BCUT2D eigenvalue weighted by molar-refractivity contribution is -0.139. The Bertz CT molecular complexity index is 509. The second-order valence-electron chi connectivity index (χ2n) is 4.85. The van der Waals surface area contributed by atoms with Crippen molar-refractivity contribution in [2.45, 2.75) is 39.3 Å². The average molecular weight is 277 g/mol. The molecule has 5 nitrogen and oxygen atoms in total. The minimum atomic E-state index is -0.602. The molecule has 1 N–H and O–H groups in total. The molecule has 0 aliphatic carbocycles. The Balaban J connectivity index is 2.29. The van der Waals surface area contributed by atoms with E-state index in [1.165, 1.54) is 4.90 Å². The molecule has 1 fully saturated rings. The monoisotopic (exact) mass is 277 g/mol. The number of imide groups is 1. The van der Waals surface area contributed by atoms with Gasteiger partial charge in [0.15, 0.2) is 0 Å². The molecule has 2 amide bonds. The van der Waals surface area contributed by atoms with Gasteiger partial charge >= 0.3 is 0 Å². The molecular formula is C15H19NO4. The molecule has 1 atom stereocenters. The normalized spacial score (nSPS) is 16.6. The lowest BCUT2D eigenvalue weighted by Gasteiger charge is -2.18. The van der Waals surface area contributed by atoms with Crippen LogP contribution in [0.25, 0.3) is 0 Å². The van der Waals surface area contributed by atoms with Crippen LogP contribution in [0.5, 0.6) is 5.75 Å². The molecule has 5 heteroatoms. The van der Waals surface area contributed by atoms with Crippen LogP contribution in [0.4, 0.5) is 0 Å². The molecule has 0 radical (unpaired) electrons. The van der Waals surface area contributed by atoms with Crippen LogP contribution < -0.4 is 4.74 Å². The third kappa shape index (κ3) is 2.99. The van der Waals surface area contributed by atoms with Crippen molar-refractivity contribution in [3.05, 3.63) is 29.3 Å². The second-order valence-corrected chi connectivity index (χ2v) is 4.85. The maximum Gasteiger partial charge on any atom is 0.230 e. The first kappa shape index (κ1) is 14.5. The predicted octanol–water partition coefficient (Wildman–Crippen LogP) is 1.79. The van der Waals surface area contributed by atoms with Gasteiger partial charge in [-0.15, -0.1) is 0 Å². The van der Waals surface area contributed by atoms with Gasteiger partial charge in [-0.2, -0.15) is 0 Å². The van der Waals surface area contributed by atoms with E-state index in [-0.39, 0.29) is 31.2 Å². The third-order valence-corrected chi connectivity index (χ3v) is 3.35. The maximum absolute atomic E-state index is 11.7. The number of carbonyl (C=O) groups is 2. The zero-order valence-electron chi connectivity index (χ0n) is 11.8. The summed E-state index contributed by atoms with van der Waals surface area (Å²) in [4.78, 5) is 24.6. The highest BCUT2D eigenvalue weighted by Gasteiger charge is 2.29. The van der Waals surface area contributed by atoms with Gasteiger partial charge < -0.3 is 9.84 Å². The van der Waals surface area contributed by atoms with Gasteiger partial charge in [0.05, 0.1) is 19.3 Å². The van der Waals surface area contributed by atoms with Crippen LogP contribution in [0.15, 0.2) is 18.2 Å². The number of aliphatic hydroxyl groups excluding tert-OH is 1. The molecule has 0 aromatic heterocycles. The van der Waals surface area contributed by atoms with Gasteiger partial charge in [0.1, 0.15) is 5.75 Å². The van der Waals surface area contributed by atoms with E-state index in [1.54, 1.807) is 25.1 Å². The van der Waals surface area contributed by atoms with Crippen LogP contribution >= 0.6 is 0 Å². The smallest absolute Gasteiger partial charge is 0.230 e. The Morgan fingerprint density at radius 3 is 2.50 bits per heavy atom. The summed E-state index contributed by atoms with van der Waals surface area (Å²) in [7, 11) is 0. The van der Waals surface area contributed by atoms with Gasteiger partial charge in [-0.1, -0.05) is 6.07 Å². The number of nitrogens with zero attached hydrogens (tertiary/aromatic N) is 1. The van der Waals surface area contributed by atoms with Crippen molar-refractivity contribution in [3.8, 4) is 5.75 Å². The van der Waals surface area contributed by atoms with Crippen LogP contribution in [0, 0.1) is 0 Å². The summed E-state index contributed by atoms with van der Waals surface area (Å²) in [6.45, 7) is 4.25. The lowest BCUT2D eigenvalue weighted by atomic mass is 10.1. The Labute approximate surface area is 118 Å². The molecular weight excluding hydrogens is 258 g/mol. The van der Waals surface area contributed by atoms with Crippen LogP contribution in [-0.4, -0.2) is 28.4 Å². The molecule has 0 spiro atoms. The summed E-state index contributed by atoms with van der Waals surface area (Å²) in [5.41, 5.74) is 1.48. The van der Waals surface area contributed by atoms with Gasteiger partial charge in [0.2, 0.25) is 11.8 Å². The molecule has 20 heavy (non-hydrogen) atoms. The van der Waals surface area contributed by atoms with E-state index < -0.39 is 6.10 Å². The van der Waals surface area contributed by atoms with Crippen molar-refractivity contribution >= 4 is 11.8 Å². The number of ether oxygens (including phenoxy) is 1. The van der Waals surface area contributed by atoms with E-state index in [0.717, 1.165) is 11.1 Å². The summed E-state index contributed by atoms with van der Waals surface area (Å²) < 4.78 is 5.52. The highest BCUT2D eigenvalue weighted by Crippen LogP contribution is 2.26. The van der Waals surface area contributed by atoms with E-state index >= 15 is 0 Å². The van der Waals surface area contributed by atoms with E-state index in [1.807, 2.05) is 6.92 Å². The summed E-state index contributed by atoms with van der Waals surface area (Å²) in [5.74, 6) is 0.337. The topological polar surface area (TPSA) is 66.8 Å². The van der Waals surface area contributed by atoms with Crippen LogP contribution in [0.2, 0.25) is 0 Å². The van der Waals surface area contributed by atoms with Gasteiger partial charge in [0, 0.05) is 18.4 Å². The zero-order chi connectivity index (χ0) is 14.7. The Morgan fingerprint density at radius 1 is 1.30 bits per heavy atom. The quantitative estimate of drug-likeness (QED) is 0.833. The lowest BCUT2D eigenvalue weighted by Crippen LogP contribution is -2.28. The van der Waals surface area contributed by atoms with Gasteiger partial charge in [0.25, 0.3) is 0 Å². The fourth-order valence-corrected chi connectivity index (χ4v) is 2.25. The number of hydrogen-bond donors (Lipinski definition) is 1. The highest BCUT2D eigenvalue weighted by molar-refractivity contribution is 6.01. The van der Waals surface area contributed by atoms with Crippen molar-refractivity contribution in [3.63, 3.8) is 0 Å². The molecule has 0 bridgehead atoms. The predicted molar refractivity (Wildman–Crippen MR) is 73.0 cm³/mol. The first-order valence-corrected chi connectivity index (χ1v) is 6.79. The standard InChI is InChI=1S/C15H19NO4/c1-3-20-13-5-4-11(10(2)17)8-12(13)9-16-14(18)6-7-15(16)19/h4-5,8,10,17H,3,6-7,9H2,1-2H3. The van der Waals surface area contributed by atoms with Crippen molar-refractivity contribution in [2.75, 3.05) is 6.61 Å². The largest absolute Gasteiger partial charge is 0.494 e. The number of aliphatic hydroxyl groups is 1. The van der Waals surface area contributed by atoms with Gasteiger partial charge in [-0.3, -0.25) is 14.5 Å². The number of hydrogen-bond acceptors (Lipinski definition) is 4. The summed E-state index contributed by atoms with van der Waals surface area (Å²) in [6.07, 6.45) is -0.0490. The fourth-order valence-electron chi connectivity index (χ4n) is 2.25. The van der Waals surface area contributed by atoms with Crippen molar-refractivity contribution in [1.29, 1.82) is 0 Å². The van der Waals surface area contributed by atoms with E-state index in [2.05, 4.69) is 0 Å². The minimum absolute atomic E-state index is 0.153. The number of amides is 2. The molecule has 1 aromatic carbocycles. The minimum Gasteiger partial charge on any atom is -0.494 e. The molecule has 1 heterocycles. The Kier molecular flexibility index (Phi) is 4.39. The summed E-state index contributed by atoms with van der Waals surface area (Å²) >= 11 is 0. The third-order valence-electron chi connectivity index (χ3n) is 3.35. The number of likely N-dealkylation sites (tertiary alicyclic amines) is 1. The summed E-state index contributed by atoms with van der Waals surface area (Å²) in [5, 5.41) is 9.65. The van der Waals surface area contributed by atoms with E-state index in [0.29, 0.717) is 12.4 Å².